The number of methoxy groups -OCH3 is 3. The van der Waals surface area contributed by atoms with Crippen molar-refractivity contribution in [2.45, 2.75) is 0 Å². The number of aliphatic imine (C=N–C) groups is 1. The van der Waals surface area contributed by atoms with Gasteiger partial charge in [-0.15, -0.1) is 0 Å². The van der Waals surface area contributed by atoms with Crippen molar-refractivity contribution in [2.75, 3.05) is 48.5 Å². The normalized spacial score (nSPS) is 11.2. The number of rotatable bonds is 8. The average molecular weight is 408 g/mol. The van der Waals surface area contributed by atoms with Crippen molar-refractivity contribution in [2.24, 2.45) is 4.99 Å². The van der Waals surface area contributed by atoms with Crippen LogP contribution < -0.4 is 19.8 Å². The summed E-state index contributed by atoms with van der Waals surface area (Å²) in [7, 11) is 8.30. The highest BCUT2D eigenvalue weighted by atomic mass is 32.1. The Kier molecular flexibility index (Phi) is 7.18. The van der Waals surface area contributed by atoms with Crippen LogP contribution in [0.1, 0.15) is 5.56 Å². The van der Waals surface area contributed by atoms with Crippen molar-refractivity contribution >= 4 is 18.4 Å². The summed E-state index contributed by atoms with van der Waals surface area (Å²) in [6.45, 7) is 1.19. The molecule has 1 aromatic heterocycles. The Labute approximate surface area is 167 Å². The van der Waals surface area contributed by atoms with Crippen LogP contribution in [-0.4, -0.2) is 74.3 Å². The molecule has 0 aliphatic heterocycles. The summed E-state index contributed by atoms with van der Waals surface area (Å²) in [4.78, 5) is 21.0. The Morgan fingerprint density at radius 2 is 1.82 bits per heavy atom. The topological polar surface area (TPSA) is 101 Å². The first-order valence-corrected chi connectivity index (χ1v) is 8.78. The molecule has 0 saturated carbocycles. The van der Waals surface area contributed by atoms with Crippen LogP contribution in [0.3, 0.4) is 0 Å². The first-order chi connectivity index (χ1) is 13.3. The van der Waals surface area contributed by atoms with Crippen LogP contribution in [0.2, 0.25) is 0 Å². The molecule has 1 aromatic carbocycles. The summed E-state index contributed by atoms with van der Waals surface area (Å²) >= 11 is 5.24. The zero-order chi connectivity index (χ0) is 20.8. The number of likely N-dealkylation sites (N-methyl/N-ethyl adjacent to an activating group) is 1. The lowest BCUT2D eigenvalue weighted by molar-refractivity contribution is 0.324. The molecule has 0 spiro atoms. The highest BCUT2D eigenvalue weighted by Crippen LogP contribution is 2.40. The summed E-state index contributed by atoms with van der Waals surface area (Å²) in [5.74, 6) is 0.822. The third-order valence-corrected chi connectivity index (χ3v) is 4.21. The van der Waals surface area contributed by atoms with Crippen molar-refractivity contribution in [1.29, 1.82) is 0 Å². The van der Waals surface area contributed by atoms with Gasteiger partial charge in [-0.05, 0) is 26.3 Å². The van der Waals surface area contributed by atoms with E-state index in [4.69, 9.17) is 26.4 Å². The van der Waals surface area contributed by atoms with Crippen LogP contribution in [0.15, 0.2) is 21.9 Å². The Bertz CT molecular complexity index is 956. The summed E-state index contributed by atoms with van der Waals surface area (Å²) in [6, 6.07) is 3.23. The number of hydrogen-bond acceptors (Lipinski definition) is 8. The van der Waals surface area contributed by atoms with E-state index in [-0.39, 0.29) is 16.2 Å². The molecule has 0 atom stereocenters. The van der Waals surface area contributed by atoms with Gasteiger partial charge in [0.05, 0.1) is 33.6 Å². The molecule has 2 rings (SSSR count). The smallest absolute Gasteiger partial charge is 0.264 e. The van der Waals surface area contributed by atoms with Gasteiger partial charge in [0.2, 0.25) is 11.6 Å². The maximum absolute atomic E-state index is 12.3. The number of aromatic hydroxyl groups is 1. The number of aromatic nitrogens is 2. The predicted octanol–water partition coefficient (Wildman–Crippen LogP) is 1.61. The van der Waals surface area contributed by atoms with Gasteiger partial charge in [-0.2, -0.15) is 0 Å². The second-order valence-electron chi connectivity index (χ2n) is 6.05. The van der Waals surface area contributed by atoms with E-state index in [0.29, 0.717) is 36.0 Å². The third kappa shape index (κ3) is 4.52. The monoisotopic (exact) mass is 408 g/mol. The van der Waals surface area contributed by atoms with E-state index >= 15 is 0 Å². The fourth-order valence-electron chi connectivity index (χ4n) is 2.50. The van der Waals surface area contributed by atoms with Gasteiger partial charge < -0.3 is 24.2 Å². The molecule has 0 radical (unpaired) electrons. The molecule has 0 unspecified atom stereocenters. The van der Waals surface area contributed by atoms with Gasteiger partial charge in [0.15, 0.2) is 16.3 Å². The van der Waals surface area contributed by atoms with Gasteiger partial charge in [0.1, 0.15) is 5.56 Å². The SMILES string of the molecule is COc1cc(-n2c(O)c(C=NCCN(C)C)c(=O)[nH]c2=S)cc(OC)c1OC. The van der Waals surface area contributed by atoms with E-state index < -0.39 is 5.56 Å². The fraction of sp³-hybridized carbons (Fsp3) is 0.389. The third-order valence-electron chi connectivity index (χ3n) is 3.93. The van der Waals surface area contributed by atoms with Crippen LogP contribution in [0.5, 0.6) is 23.1 Å². The van der Waals surface area contributed by atoms with Gasteiger partial charge in [-0.25, -0.2) is 0 Å². The molecule has 2 N–H and O–H groups in total. The van der Waals surface area contributed by atoms with Crippen molar-refractivity contribution in [3.63, 3.8) is 0 Å². The average Bonchev–Trinajstić information content (AvgIpc) is 2.65. The molecule has 0 aliphatic rings. The zero-order valence-electron chi connectivity index (χ0n) is 16.5. The molecule has 152 valence electrons. The van der Waals surface area contributed by atoms with Crippen molar-refractivity contribution in [3.05, 3.63) is 32.8 Å². The fourth-order valence-corrected chi connectivity index (χ4v) is 2.79. The summed E-state index contributed by atoms with van der Waals surface area (Å²) in [6.07, 6.45) is 1.33. The second kappa shape index (κ2) is 9.38. The minimum Gasteiger partial charge on any atom is -0.494 e. The molecule has 10 heteroatoms. The van der Waals surface area contributed by atoms with Gasteiger partial charge >= 0.3 is 0 Å². The van der Waals surface area contributed by atoms with E-state index in [9.17, 15) is 9.90 Å². The first-order valence-electron chi connectivity index (χ1n) is 8.37. The van der Waals surface area contributed by atoms with E-state index in [2.05, 4.69) is 9.98 Å². The van der Waals surface area contributed by atoms with Crippen LogP contribution in [0.25, 0.3) is 5.69 Å². The van der Waals surface area contributed by atoms with Crippen LogP contribution in [0.4, 0.5) is 0 Å². The molecule has 0 fully saturated rings. The number of nitrogens with zero attached hydrogens (tertiary/aromatic N) is 3. The molecular weight excluding hydrogens is 384 g/mol. The minimum atomic E-state index is -0.528. The molecule has 2 aromatic rings. The van der Waals surface area contributed by atoms with Crippen LogP contribution >= 0.6 is 12.2 Å². The van der Waals surface area contributed by atoms with Crippen molar-refractivity contribution < 1.29 is 19.3 Å². The number of benzene rings is 1. The number of aromatic amines is 1. The lowest BCUT2D eigenvalue weighted by Gasteiger charge is -2.16. The molecular formula is C18H24N4O5S. The Balaban J connectivity index is 2.62. The molecule has 0 saturated heterocycles. The second-order valence-corrected chi connectivity index (χ2v) is 6.44. The van der Waals surface area contributed by atoms with Gasteiger partial charge in [-0.3, -0.25) is 19.3 Å². The predicted molar refractivity (Wildman–Crippen MR) is 110 cm³/mol. The lowest BCUT2D eigenvalue weighted by atomic mass is 10.2. The maximum Gasteiger partial charge on any atom is 0.264 e. The molecule has 0 bridgehead atoms. The lowest BCUT2D eigenvalue weighted by Crippen LogP contribution is -2.19. The quantitative estimate of drug-likeness (QED) is 0.505. The van der Waals surface area contributed by atoms with Crippen molar-refractivity contribution in [1.82, 2.24) is 14.5 Å². The van der Waals surface area contributed by atoms with Gasteiger partial charge in [-0.1, -0.05) is 0 Å². The highest BCUT2D eigenvalue weighted by molar-refractivity contribution is 7.71. The van der Waals surface area contributed by atoms with E-state index in [0.717, 1.165) is 0 Å². The summed E-state index contributed by atoms with van der Waals surface area (Å²) in [5.41, 5.74) is -0.0999. The largest absolute Gasteiger partial charge is 0.494 e. The van der Waals surface area contributed by atoms with Crippen LogP contribution in [-0.2, 0) is 0 Å². The number of ether oxygens (including phenoxy) is 3. The van der Waals surface area contributed by atoms with E-state index in [1.54, 1.807) is 12.1 Å². The number of H-pyrrole nitrogens is 1. The zero-order valence-corrected chi connectivity index (χ0v) is 17.3. The standard InChI is InChI=1S/C18H24N4O5S/c1-21(2)7-6-19-10-12-16(23)20-18(28)22(17(12)24)11-8-13(25-3)15(27-5)14(9-11)26-4/h8-10,24H,6-7H2,1-5H3,(H,20,23,28). The molecule has 1 heterocycles. The van der Waals surface area contributed by atoms with Gasteiger partial charge in [0.25, 0.3) is 5.56 Å². The Hall–Kier alpha value is -2.85. The Morgan fingerprint density at radius 3 is 2.32 bits per heavy atom. The van der Waals surface area contributed by atoms with Gasteiger partial charge in [0, 0.05) is 24.9 Å². The number of nitrogens with one attached hydrogen (secondary N) is 1. The summed E-state index contributed by atoms with van der Waals surface area (Å²) in [5, 5.41) is 10.7. The Morgan fingerprint density at radius 1 is 1.21 bits per heavy atom. The van der Waals surface area contributed by atoms with E-state index in [1.807, 2.05) is 19.0 Å². The number of hydrogen-bond donors (Lipinski definition) is 2. The molecule has 0 aliphatic carbocycles. The molecule has 9 nitrogen and oxygen atoms in total. The minimum absolute atomic E-state index is 0.00103. The molecule has 28 heavy (non-hydrogen) atoms. The maximum atomic E-state index is 12.3. The summed E-state index contributed by atoms with van der Waals surface area (Å²) < 4.78 is 17.3. The highest BCUT2D eigenvalue weighted by Gasteiger charge is 2.18. The molecule has 0 amide bonds. The van der Waals surface area contributed by atoms with Crippen LogP contribution in [0, 0.1) is 4.77 Å². The van der Waals surface area contributed by atoms with E-state index in [1.165, 1.54) is 32.1 Å². The first kappa shape index (κ1) is 21.5. The van der Waals surface area contributed by atoms with Crippen molar-refractivity contribution in [3.8, 4) is 28.8 Å².